The number of rotatable bonds is 5. The number of hydrogen-bond donors (Lipinski definition) is 1. The fourth-order valence-electron chi connectivity index (χ4n) is 2.28. The second-order valence-electron chi connectivity index (χ2n) is 5.13. The van der Waals surface area contributed by atoms with E-state index in [1.54, 1.807) is 12.1 Å². The van der Waals surface area contributed by atoms with Crippen LogP contribution in [0.1, 0.15) is 18.1 Å². The van der Waals surface area contributed by atoms with Crippen molar-refractivity contribution in [2.45, 2.75) is 26.8 Å². The van der Waals surface area contributed by atoms with Gasteiger partial charge in [-0.1, -0.05) is 25.1 Å². The Hall–Kier alpha value is -2.96. The lowest BCUT2D eigenvalue weighted by Gasteiger charge is -2.11. The quantitative estimate of drug-likeness (QED) is 0.676. The van der Waals surface area contributed by atoms with Gasteiger partial charge in [-0.2, -0.15) is 0 Å². The van der Waals surface area contributed by atoms with Crippen molar-refractivity contribution in [3.05, 3.63) is 68.1 Å². The molecule has 2 aromatic rings. The molecule has 7 heteroatoms. The minimum Gasteiger partial charge on any atom is -0.324 e. The van der Waals surface area contributed by atoms with E-state index in [0.717, 1.165) is 22.7 Å². The van der Waals surface area contributed by atoms with Crippen LogP contribution in [0, 0.1) is 17.0 Å². The Morgan fingerprint density at radius 3 is 2.70 bits per heavy atom. The summed E-state index contributed by atoms with van der Waals surface area (Å²) >= 11 is 0. The van der Waals surface area contributed by atoms with Gasteiger partial charge in [0.2, 0.25) is 5.91 Å². The van der Waals surface area contributed by atoms with Crippen molar-refractivity contribution in [2.24, 2.45) is 0 Å². The highest BCUT2D eigenvalue weighted by molar-refractivity contribution is 5.91. The van der Waals surface area contributed by atoms with E-state index in [1.165, 1.54) is 13.0 Å². The smallest absolute Gasteiger partial charge is 0.286 e. The van der Waals surface area contributed by atoms with E-state index in [0.29, 0.717) is 5.69 Å². The first-order chi connectivity index (χ1) is 10.9. The minimum atomic E-state index is -0.590. The molecule has 0 aliphatic carbocycles. The Morgan fingerprint density at radius 2 is 2.04 bits per heavy atom. The summed E-state index contributed by atoms with van der Waals surface area (Å²) in [7, 11) is 0. The highest BCUT2D eigenvalue weighted by atomic mass is 16.6. The van der Waals surface area contributed by atoms with E-state index in [-0.39, 0.29) is 17.8 Å². The maximum absolute atomic E-state index is 12.2. The highest BCUT2D eigenvalue weighted by Gasteiger charge is 2.14. The summed E-state index contributed by atoms with van der Waals surface area (Å²) in [5, 5.41) is 13.6. The van der Waals surface area contributed by atoms with Gasteiger partial charge in [-0.15, -0.1) is 0 Å². The van der Waals surface area contributed by atoms with Crippen LogP contribution in [-0.2, 0) is 17.8 Å². The number of nitrogens with one attached hydrogen (secondary N) is 1. The van der Waals surface area contributed by atoms with Crippen LogP contribution in [0.3, 0.4) is 0 Å². The maximum Gasteiger partial charge on any atom is 0.286 e. The van der Waals surface area contributed by atoms with Gasteiger partial charge in [0, 0.05) is 17.3 Å². The zero-order valence-electron chi connectivity index (χ0n) is 12.9. The van der Waals surface area contributed by atoms with E-state index in [2.05, 4.69) is 5.32 Å². The lowest BCUT2D eigenvalue weighted by atomic mass is 10.1. The van der Waals surface area contributed by atoms with Crippen LogP contribution in [0.25, 0.3) is 0 Å². The first kappa shape index (κ1) is 16.4. The van der Waals surface area contributed by atoms with Crippen LogP contribution in [0.2, 0.25) is 0 Å². The van der Waals surface area contributed by atoms with Crippen LogP contribution in [0.15, 0.2) is 41.3 Å². The minimum absolute atomic E-state index is 0.219. The molecule has 0 bridgehead atoms. The average Bonchev–Trinajstić information content (AvgIpc) is 2.51. The van der Waals surface area contributed by atoms with Gasteiger partial charge in [0.25, 0.3) is 11.2 Å². The first-order valence-electron chi connectivity index (χ1n) is 7.15. The fraction of sp³-hybridized carbons (Fsp3) is 0.250. The number of amides is 1. The SMILES string of the molecule is CCc1ccccc1NC(=O)Cn1cc([N+](=O)[O-])cc(C)c1=O. The highest BCUT2D eigenvalue weighted by Crippen LogP contribution is 2.15. The zero-order chi connectivity index (χ0) is 17.0. The van der Waals surface area contributed by atoms with Gasteiger partial charge in [0.05, 0.1) is 11.1 Å². The third kappa shape index (κ3) is 3.82. The van der Waals surface area contributed by atoms with E-state index in [1.807, 2.05) is 19.1 Å². The maximum atomic E-state index is 12.2. The molecule has 1 amide bonds. The summed E-state index contributed by atoms with van der Waals surface area (Å²) in [4.78, 5) is 34.4. The summed E-state index contributed by atoms with van der Waals surface area (Å²) < 4.78 is 1.05. The van der Waals surface area contributed by atoms with E-state index >= 15 is 0 Å². The predicted octanol–water partition coefficient (Wildman–Crippen LogP) is 2.27. The van der Waals surface area contributed by atoms with Crippen molar-refractivity contribution in [2.75, 3.05) is 5.32 Å². The molecule has 0 radical (unpaired) electrons. The van der Waals surface area contributed by atoms with Crippen molar-refractivity contribution < 1.29 is 9.72 Å². The van der Waals surface area contributed by atoms with Crippen LogP contribution < -0.4 is 10.9 Å². The van der Waals surface area contributed by atoms with Crippen LogP contribution in [-0.4, -0.2) is 15.4 Å². The molecule has 1 aromatic carbocycles. The summed E-state index contributed by atoms with van der Waals surface area (Å²) in [6, 6.07) is 8.56. The molecule has 0 atom stereocenters. The zero-order valence-corrected chi connectivity index (χ0v) is 12.9. The van der Waals surface area contributed by atoms with Crippen molar-refractivity contribution in [3.63, 3.8) is 0 Å². The van der Waals surface area contributed by atoms with Gasteiger partial charge in [0.15, 0.2) is 0 Å². The van der Waals surface area contributed by atoms with Crippen LogP contribution >= 0.6 is 0 Å². The number of nitro groups is 1. The molecule has 0 fully saturated rings. The molecule has 0 saturated carbocycles. The molecular formula is C16H17N3O4. The summed E-state index contributed by atoms with van der Waals surface area (Å²) in [6.45, 7) is 3.18. The molecule has 23 heavy (non-hydrogen) atoms. The number of aryl methyl sites for hydroxylation is 2. The van der Waals surface area contributed by atoms with Crippen molar-refractivity contribution in [3.8, 4) is 0 Å². The third-order valence-electron chi connectivity index (χ3n) is 3.45. The van der Waals surface area contributed by atoms with Crippen LogP contribution in [0.4, 0.5) is 11.4 Å². The number of carbonyl (C=O) groups excluding carboxylic acids is 1. The molecular weight excluding hydrogens is 298 g/mol. The molecule has 0 spiro atoms. The normalized spacial score (nSPS) is 10.3. The third-order valence-corrected chi connectivity index (χ3v) is 3.45. The van der Waals surface area contributed by atoms with Gasteiger partial charge in [-0.3, -0.25) is 24.3 Å². The number of hydrogen-bond acceptors (Lipinski definition) is 4. The number of para-hydroxylation sites is 1. The Balaban J connectivity index is 2.24. The van der Waals surface area contributed by atoms with Crippen LogP contribution in [0.5, 0.6) is 0 Å². The largest absolute Gasteiger partial charge is 0.324 e. The molecule has 1 aromatic heterocycles. The molecule has 120 valence electrons. The van der Waals surface area contributed by atoms with Gasteiger partial charge < -0.3 is 5.32 Å². The Labute approximate surface area is 132 Å². The van der Waals surface area contributed by atoms with Gasteiger partial charge in [0.1, 0.15) is 6.54 Å². The second kappa shape index (κ2) is 6.87. The van der Waals surface area contributed by atoms with E-state index in [9.17, 15) is 19.7 Å². The Bertz CT molecular complexity index is 811. The lowest BCUT2D eigenvalue weighted by molar-refractivity contribution is -0.385. The monoisotopic (exact) mass is 315 g/mol. The average molecular weight is 315 g/mol. The molecule has 0 aliphatic heterocycles. The Morgan fingerprint density at radius 1 is 1.35 bits per heavy atom. The topological polar surface area (TPSA) is 94.2 Å². The van der Waals surface area contributed by atoms with Crippen molar-refractivity contribution in [1.29, 1.82) is 0 Å². The molecule has 1 N–H and O–H groups in total. The number of aromatic nitrogens is 1. The number of anilines is 1. The number of benzene rings is 1. The standard InChI is InChI=1S/C16H17N3O4/c1-3-12-6-4-5-7-14(12)17-15(20)10-18-9-13(19(22)23)8-11(2)16(18)21/h4-9H,3,10H2,1-2H3,(H,17,20). The predicted molar refractivity (Wildman–Crippen MR) is 86.5 cm³/mol. The molecule has 7 nitrogen and oxygen atoms in total. The van der Waals surface area contributed by atoms with Crippen molar-refractivity contribution in [1.82, 2.24) is 4.57 Å². The van der Waals surface area contributed by atoms with E-state index in [4.69, 9.17) is 0 Å². The first-order valence-corrected chi connectivity index (χ1v) is 7.15. The number of pyridine rings is 1. The molecule has 1 heterocycles. The molecule has 0 unspecified atom stereocenters. The Kier molecular flexibility index (Phi) is 4.90. The summed E-state index contributed by atoms with van der Waals surface area (Å²) in [6.07, 6.45) is 1.84. The number of nitrogens with zero attached hydrogens (tertiary/aromatic N) is 2. The van der Waals surface area contributed by atoms with Crippen molar-refractivity contribution >= 4 is 17.3 Å². The fourth-order valence-corrected chi connectivity index (χ4v) is 2.28. The lowest BCUT2D eigenvalue weighted by Crippen LogP contribution is -2.29. The molecule has 0 aliphatic rings. The van der Waals surface area contributed by atoms with Gasteiger partial charge in [-0.25, -0.2) is 0 Å². The second-order valence-corrected chi connectivity index (χ2v) is 5.13. The molecule has 2 rings (SSSR count). The van der Waals surface area contributed by atoms with Gasteiger partial charge in [-0.05, 0) is 25.0 Å². The summed E-state index contributed by atoms with van der Waals surface area (Å²) in [5.41, 5.74) is 1.23. The molecule has 0 saturated heterocycles. The number of carbonyl (C=O) groups is 1. The summed E-state index contributed by atoms with van der Waals surface area (Å²) in [5.74, 6) is -0.409. The van der Waals surface area contributed by atoms with Gasteiger partial charge >= 0.3 is 0 Å². The van der Waals surface area contributed by atoms with E-state index < -0.39 is 16.4 Å².